The van der Waals surface area contributed by atoms with Gasteiger partial charge in [0.05, 0.1) is 22.8 Å². The van der Waals surface area contributed by atoms with E-state index in [2.05, 4.69) is 10.2 Å². The van der Waals surface area contributed by atoms with Crippen LogP contribution < -0.4 is 11.1 Å². The van der Waals surface area contributed by atoms with Crippen molar-refractivity contribution >= 4 is 23.2 Å². The standard InChI is InChI=1S/2C15H11ClN2O/c2*16-13-9-5-4-8-12(13)14-10-15(19)18(17-14)11-6-2-1-3-7-11/h2*1-10,17H. The van der Waals surface area contributed by atoms with Crippen LogP contribution in [-0.2, 0) is 0 Å². The van der Waals surface area contributed by atoms with E-state index in [9.17, 15) is 9.59 Å². The van der Waals surface area contributed by atoms with Crippen molar-refractivity contribution in [3.05, 3.63) is 152 Å². The SMILES string of the molecule is O=c1cc(-c2ccccc2Cl)[nH]n1-c1ccccc1.O=c1cc(-c2ccccc2Cl)[nH]n1-c1ccccc1. The van der Waals surface area contributed by atoms with Gasteiger partial charge in [0.15, 0.2) is 0 Å². The lowest BCUT2D eigenvalue weighted by atomic mass is 10.1. The molecule has 0 atom stereocenters. The Labute approximate surface area is 228 Å². The fourth-order valence-electron chi connectivity index (χ4n) is 3.96. The first-order valence-corrected chi connectivity index (χ1v) is 12.5. The number of rotatable bonds is 4. The maximum absolute atomic E-state index is 12.0. The molecule has 0 bridgehead atoms. The molecule has 8 heteroatoms. The van der Waals surface area contributed by atoms with E-state index < -0.39 is 0 Å². The van der Waals surface area contributed by atoms with Gasteiger partial charge in [0.2, 0.25) is 0 Å². The van der Waals surface area contributed by atoms with Crippen LogP contribution in [0.3, 0.4) is 0 Å². The molecular weight excluding hydrogens is 519 g/mol. The van der Waals surface area contributed by atoms with Crippen LogP contribution in [0.15, 0.2) is 131 Å². The molecule has 38 heavy (non-hydrogen) atoms. The summed E-state index contributed by atoms with van der Waals surface area (Å²) in [4.78, 5) is 24.0. The van der Waals surface area contributed by atoms with Crippen LogP contribution in [0.2, 0.25) is 10.0 Å². The van der Waals surface area contributed by atoms with E-state index in [0.29, 0.717) is 21.4 Å². The van der Waals surface area contributed by atoms with Crippen molar-refractivity contribution in [1.29, 1.82) is 0 Å². The zero-order chi connectivity index (χ0) is 26.5. The van der Waals surface area contributed by atoms with Gasteiger partial charge in [-0.1, -0.05) is 96.0 Å². The van der Waals surface area contributed by atoms with E-state index in [0.717, 1.165) is 22.5 Å². The van der Waals surface area contributed by atoms with Gasteiger partial charge >= 0.3 is 0 Å². The Bertz CT molecular complexity index is 1650. The van der Waals surface area contributed by atoms with Gasteiger partial charge in [0, 0.05) is 33.3 Å². The lowest BCUT2D eigenvalue weighted by molar-refractivity contribution is 0.852. The van der Waals surface area contributed by atoms with Gasteiger partial charge in [-0.3, -0.25) is 19.8 Å². The zero-order valence-corrected chi connectivity index (χ0v) is 21.5. The van der Waals surface area contributed by atoms with Crippen molar-refractivity contribution < 1.29 is 0 Å². The second-order valence-corrected chi connectivity index (χ2v) is 9.13. The minimum atomic E-state index is -0.110. The molecule has 0 saturated carbocycles. The van der Waals surface area contributed by atoms with Gasteiger partial charge in [-0.2, -0.15) is 0 Å². The summed E-state index contributed by atoms with van der Waals surface area (Å²) in [7, 11) is 0. The first-order valence-electron chi connectivity index (χ1n) is 11.8. The molecule has 0 aliphatic carbocycles. The molecule has 0 fully saturated rings. The normalized spacial score (nSPS) is 10.6. The highest BCUT2D eigenvalue weighted by molar-refractivity contribution is 6.33. The molecule has 0 aliphatic heterocycles. The molecule has 6 rings (SSSR count). The predicted molar refractivity (Wildman–Crippen MR) is 154 cm³/mol. The Balaban J connectivity index is 0.000000155. The fourth-order valence-corrected chi connectivity index (χ4v) is 4.44. The van der Waals surface area contributed by atoms with E-state index in [1.54, 1.807) is 24.3 Å². The van der Waals surface area contributed by atoms with Crippen LogP contribution >= 0.6 is 23.2 Å². The summed E-state index contributed by atoms with van der Waals surface area (Å²) in [5, 5.41) is 7.38. The molecule has 0 aliphatic rings. The molecule has 2 heterocycles. The summed E-state index contributed by atoms with van der Waals surface area (Å²) in [6.07, 6.45) is 0. The first-order chi connectivity index (χ1) is 18.5. The average Bonchev–Trinajstić information content (AvgIpc) is 3.53. The minimum absolute atomic E-state index is 0.110. The molecule has 6 nitrogen and oxygen atoms in total. The molecule has 0 radical (unpaired) electrons. The van der Waals surface area contributed by atoms with Gasteiger partial charge in [-0.15, -0.1) is 0 Å². The number of hydrogen-bond donors (Lipinski definition) is 2. The molecular formula is C30H22Cl2N4O2. The maximum Gasteiger partial charge on any atom is 0.271 e. The van der Waals surface area contributed by atoms with Crippen LogP contribution in [0.4, 0.5) is 0 Å². The monoisotopic (exact) mass is 540 g/mol. The smallest absolute Gasteiger partial charge is 0.271 e. The Morgan fingerprint density at radius 3 is 1.18 bits per heavy atom. The van der Waals surface area contributed by atoms with Crippen molar-refractivity contribution in [2.24, 2.45) is 0 Å². The summed E-state index contributed by atoms with van der Waals surface area (Å²) in [6, 6.07) is 36.8. The highest BCUT2D eigenvalue weighted by atomic mass is 35.5. The highest BCUT2D eigenvalue weighted by Gasteiger charge is 2.10. The fraction of sp³-hybridized carbons (Fsp3) is 0. The lowest BCUT2D eigenvalue weighted by Crippen LogP contribution is -2.12. The predicted octanol–water partition coefficient (Wildman–Crippen LogP) is 6.97. The minimum Gasteiger partial charge on any atom is -0.290 e. The van der Waals surface area contributed by atoms with Crippen LogP contribution in [0.25, 0.3) is 33.9 Å². The van der Waals surface area contributed by atoms with Crippen LogP contribution in [0.1, 0.15) is 0 Å². The summed E-state index contributed by atoms with van der Waals surface area (Å²) in [5.41, 5.74) is 4.42. The Kier molecular flexibility index (Phi) is 7.45. The van der Waals surface area contributed by atoms with Crippen LogP contribution in [-0.4, -0.2) is 19.6 Å². The average molecular weight is 541 g/mol. The number of nitrogens with zero attached hydrogens (tertiary/aromatic N) is 2. The molecule has 0 amide bonds. The van der Waals surface area contributed by atoms with E-state index in [1.807, 2.05) is 97.1 Å². The van der Waals surface area contributed by atoms with Gasteiger partial charge in [0.25, 0.3) is 11.1 Å². The van der Waals surface area contributed by atoms with Gasteiger partial charge in [-0.05, 0) is 36.4 Å². The third-order valence-electron chi connectivity index (χ3n) is 5.80. The van der Waals surface area contributed by atoms with Crippen LogP contribution in [0.5, 0.6) is 0 Å². The number of H-pyrrole nitrogens is 2. The summed E-state index contributed by atoms with van der Waals surface area (Å²) < 4.78 is 3.00. The molecule has 2 aromatic heterocycles. The lowest BCUT2D eigenvalue weighted by Gasteiger charge is -2.03. The van der Waals surface area contributed by atoms with Gasteiger partial charge in [-0.25, -0.2) is 9.36 Å². The molecule has 0 saturated heterocycles. The number of hydrogen-bond acceptors (Lipinski definition) is 2. The number of benzene rings is 4. The first kappa shape index (κ1) is 25.1. The third kappa shape index (κ3) is 5.42. The van der Waals surface area contributed by atoms with Crippen molar-refractivity contribution in [2.75, 3.05) is 0 Å². The zero-order valence-electron chi connectivity index (χ0n) is 20.0. The van der Waals surface area contributed by atoms with E-state index in [4.69, 9.17) is 23.2 Å². The molecule has 0 spiro atoms. The second kappa shape index (κ2) is 11.3. The summed E-state index contributed by atoms with van der Waals surface area (Å²) in [6.45, 7) is 0. The molecule has 188 valence electrons. The van der Waals surface area contributed by atoms with E-state index >= 15 is 0 Å². The summed E-state index contributed by atoms with van der Waals surface area (Å²) in [5.74, 6) is 0. The van der Waals surface area contributed by atoms with Crippen molar-refractivity contribution in [3.63, 3.8) is 0 Å². The van der Waals surface area contributed by atoms with Crippen molar-refractivity contribution in [3.8, 4) is 33.9 Å². The largest absolute Gasteiger partial charge is 0.290 e. The van der Waals surface area contributed by atoms with Gasteiger partial charge < -0.3 is 0 Å². The number of para-hydroxylation sites is 2. The molecule has 6 aromatic rings. The number of aromatic nitrogens is 4. The third-order valence-corrected chi connectivity index (χ3v) is 6.46. The molecule has 4 aromatic carbocycles. The van der Waals surface area contributed by atoms with Crippen LogP contribution in [0, 0.1) is 0 Å². The van der Waals surface area contributed by atoms with E-state index in [1.165, 1.54) is 9.36 Å². The van der Waals surface area contributed by atoms with Crippen molar-refractivity contribution in [2.45, 2.75) is 0 Å². The quantitative estimate of drug-likeness (QED) is 0.253. The highest BCUT2D eigenvalue weighted by Crippen LogP contribution is 2.26. The Morgan fingerprint density at radius 1 is 0.474 bits per heavy atom. The number of aromatic amines is 2. The number of halogens is 2. The van der Waals surface area contributed by atoms with Crippen molar-refractivity contribution in [1.82, 2.24) is 19.6 Å². The maximum atomic E-state index is 12.0. The Hall–Kier alpha value is -4.52. The molecule has 0 unspecified atom stereocenters. The molecule has 2 N–H and O–H groups in total. The Morgan fingerprint density at radius 2 is 0.816 bits per heavy atom. The van der Waals surface area contributed by atoms with Gasteiger partial charge in [0.1, 0.15) is 0 Å². The summed E-state index contributed by atoms with van der Waals surface area (Å²) >= 11 is 12.3. The number of nitrogens with one attached hydrogen (secondary N) is 2. The second-order valence-electron chi connectivity index (χ2n) is 8.32. The van der Waals surface area contributed by atoms with E-state index in [-0.39, 0.29) is 11.1 Å². The topological polar surface area (TPSA) is 75.6 Å².